The van der Waals surface area contributed by atoms with Gasteiger partial charge < -0.3 is 14.2 Å². The molecule has 1 atom stereocenters. The summed E-state index contributed by atoms with van der Waals surface area (Å²) in [4.78, 5) is 37.6. The van der Waals surface area contributed by atoms with Gasteiger partial charge in [-0.1, -0.05) is 254 Å². The molecule has 380 valence electrons. The van der Waals surface area contributed by atoms with Gasteiger partial charge in [0.05, 0.1) is 0 Å². The van der Waals surface area contributed by atoms with Crippen molar-refractivity contribution in [1.82, 2.24) is 0 Å². The Bertz CT molecular complexity index is 1240. The van der Waals surface area contributed by atoms with Crippen molar-refractivity contribution in [2.45, 2.75) is 277 Å². The quantitative estimate of drug-likeness (QED) is 0.0262. The molecule has 0 radical (unpaired) electrons. The van der Waals surface area contributed by atoms with Gasteiger partial charge in [-0.2, -0.15) is 0 Å². The van der Waals surface area contributed by atoms with Crippen molar-refractivity contribution in [1.29, 1.82) is 0 Å². The lowest BCUT2D eigenvalue weighted by atomic mass is 10.0. The summed E-state index contributed by atoms with van der Waals surface area (Å²) in [7, 11) is 0. The van der Waals surface area contributed by atoms with Crippen LogP contribution in [0, 0.1) is 0 Å². The van der Waals surface area contributed by atoms with Crippen LogP contribution < -0.4 is 0 Å². The van der Waals surface area contributed by atoms with Crippen molar-refractivity contribution in [2.24, 2.45) is 0 Å². The SMILES string of the molecule is CC/C=C\C/C=C\C/C=C\C/C=C\C/C=C\C/C=C\CCCCCCCCCCCCCCCCC(=O)OCC(COC(=O)CCCCCCCCC)OC(=O)CCCCCCCCCC. The maximum absolute atomic E-state index is 12.7. The fourth-order valence-corrected chi connectivity index (χ4v) is 7.80. The van der Waals surface area contributed by atoms with Gasteiger partial charge in [0.2, 0.25) is 0 Å². The van der Waals surface area contributed by atoms with Crippen LogP contribution in [0.4, 0.5) is 0 Å². The fourth-order valence-electron chi connectivity index (χ4n) is 7.80. The van der Waals surface area contributed by atoms with Crippen LogP contribution >= 0.6 is 0 Å². The maximum Gasteiger partial charge on any atom is 0.306 e. The molecule has 1 unspecified atom stereocenters. The van der Waals surface area contributed by atoms with E-state index in [1.807, 2.05) is 0 Å². The van der Waals surface area contributed by atoms with Crippen LogP contribution in [-0.4, -0.2) is 37.2 Å². The van der Waals surface area contributed by atoms with E-state index in [9.17, 15) is 14.4 Å². The van der Waals surface area contributed by atoms with Crippen molar-refractivity contribution in [3.63, 3.8) is 0 Å². The van der Waals surface area contributed by atoms with E-state index in [1.54, 1.807) is 0 Å². The zero-order valence-electron chi connectivity index (χ0n) is 43.4. The molecule has 0 saturated carbocycles. The summed E-state index contributed by atoms with van der Waals surface area (Å²) in [5.41, 5.74) is 0. The number of hydrogen-bond acceptors (Lipinski definition) is 6. The third-order valence-electron chi connectivity index (χ3n) is 12.0. The van der Waals surface area contributed by atoms with E-state index < -0.39 is 6.10 Å². The smallest absolute Gasteiger partial charge is 0.306 e. The first-order valence-corrected chi connectivity index (χ1v) is 27.9. The number of rotatable bonds is 50. The van der Waals surface area contributed by atoms with Crippen LogP contribution in [0.2, 0.25) is 0 Å². The van der Waals surface area contributed by atoms with Crippen molar-refractivity contribution in [3.05, 3.63) is 72.9 Å². The molecule has 0 aromatic rings. The number of carbonyl (C=O) groups is 3. The number of ether oxygens (including phenoxy) is 3. The van der Waals surface area contributed by atoms with E-state index in [0.29, 0.717) is 19.3 Å². The monoisotopic (exact) mass is 921 g/mol. The van der Waals surface area contributed by atoms with Gasteiger partial charge >= 0.3 is 17.9 Å². The highest BCUT2D eigenvalue weighted by Crippen LogP contribution is 2.16. The van der Waals surface area contributed by atoms with Crippen LogP contribution in [0.15, 0.2) is 72.9 Å². The average molecular weight is 921 g/mol. The van der Waals surface area contributed by atoms with E-state index in [2.05, 4.69) is 93.7 Å². The number of carbonyl (C=O) groups excluding carboxylic acids is 3. The third-order valence-corrected chi connectivity index (χ3v) is 12.0. The molecule has 0 amide bonds. The fraction of sp³-hybridized carbons (Fsp3) is 0.750. The molecule has 6 nitrogen and oxygen atoms in total. The Morgan fingerprint density at radius 1 is 0.318 bits per heavy atom. The summed E-state index contributed by atoms with van der Waals surface area (Å²) >= 11 is 0. The second-order valence-corrected chi connectivity index (χ2v) is 18.5. The topological polar surface area (TPSA) is 78.9 Å². The molecule has 0 aliphatic heterocycles. The standard InChI is InChI=1S/C60H104O6/c1-4-7-10-13-16-18-19-20-21-22-23-24-25-26-27-28-29-30-31-32-33-34-35-36-37-38-39-40-41-42-45-47-50-53-59(62)65-56-57(55-64-58(61)52-49-46-43-15-12-9-6-3)66-60(63)54-51-48-44-17-14-11-8-5-2/h7,10,16,18,20-21,23-24,26-27,29-30,57H,4-6,8-9,11-15,17,19,22,25,28,31-56H2,1-3H3/b10-7-,18-16-,21-20-,24-23-,27-26-,30-29-. The molecule has 0 heterocycles. The summed E-state index contributed by atoms with van der Waals surface area (Å²) in [5.74, 6) is -0.878. The highest BCUT2D eigenvalue weighted by atomic mass is 16.6. The molecule has 0 bridgehead atoms. The molecule has 66 heavy (non-hydrogen) atoms. The number of esters is 3. The zero-order valence-corrected chi connectivity index (χ0v) is 43.4. The van der Waals surface area contributed by atoms with E-state index in [4.69, 9.17) is 14.2 Å². The maximum atomic E-state index is 12.7. The molecule has 0 aromatic carbocycles. The second-order valence-electron chi connectivity index (χ2n) is 18.5. The van der Waals surface area contributed by atoms with Crippen LogP contribution in [0.25, 0.3) is 0 Å². The van der Waals surface area contributed by atoms with E-state index in [-0.39, 0.29) is 31.1 Å². The van der Waals surface area contributed by atoms with E-state index in [0.717, 1.165) is 96.3 Å². The molecule has 0 aliphatic rings. The first-order chi connectivity index (χ1) is 32.5. The first-order valence-electron chi connectivity index (χ1n) is 27.9. The van der Waals surface area contributed by atoms with E-state index >= 15 is 0 Å². The second kappa shape index (κ2) is 54.5. The zero-order chi connectivity index (χ0) is 47.9. The third kappa shape index (κ3) is 51.8. The highest BCUT2D eigenvalue weighted by Gasteiger charge is 2.19. The molecule has 0 rings (SSSR count). The van der Waals surface area contributed by atoms with E-state index in [1.165, 1.54) is 135 Å². The molecule has 0 fully saturated rings. The lowest BCUT2D eigenvalue weighted by Gasteiger charge is -2.18. The van der Waals surface area contributed by atoms with Gasteiger partial charge in [-0.05, 0) is 70.6 Å². The van der Waals surface area contributed by atoms with Crippen molar-refractivity contribution in [3.8, 4) is 0 Å². The summed E-state index contributed by atoms with van der Waals surface area (Å²) in [6.07, 6.45) is 69.4. The molecular weight excluding hydrogens is 817 g/mol. The van der Waals surface area contributed by atoms with Gasteiger partial charge in [0.15, 0.2) is 6.10 Å². The average Bonchev–Trinajstić information content (AvgIpc) is 3.31. The minimum absolute atomic E-state index is 0.0713. The van der Waals surface area contributed by atoms with Gasteiger partial charge in [-0.3, -0.25) is 14.4 Å². The summed E-state index contributed by atoms with van der Waals surface area (Å²) < 4.78 is 16.7. The lowest BCUT2D eigenvalue weighted by molar-refractivity contribution is -0.167. The van der Waals surface area contributed by atoms with Crippen LogP contribution in [0.3, 0.4) is 0 Å². The minimum Gasteiger partial charge on any atom is -0.462 e. The van der Waals surface area contributed by atoms with Gasteiger partial charge in [-0.15, -0.1) is 0 Å². The Labute approximate surface area is 408 Å². The predicted octanol–water partition coefficient (Wildman–Crippen LogP) is 18.6. The molecule has 6 heteroatoms. The Morgan fingerprint density at radius 2 is 0.591 bits per heavy atom. The van der Waals surface area contributed by atoms with Crippen molar-refractivity contribution >= 4 is 17.9 Å². The van der Waals surface area contributed by atoms with Crippen LogP contribution in [0.1, 0.15) is 271 Å². The predicted molar refractivity (Wildman–Crippen MR) is 284 cm³/mol. The Kier molecular flexibility index (Phi) is 51.9. The Balaban J connectivity index is 3.93. The van der Waals surface area contributed by atoms with Crippen molar-refractivity contribution in [2.75, 3.05) is 13.2 Å². The number of unbranched alkanes of at least 4 members (excludes halogenated alkanes) is 27. The summed E-state index contributed by atoms with van der Waals surface area (Å²) in [5, 5.41) is 0. The number of hydrogen-bond donors (Lipinski definition) is 0. The van der Waals surface area contributed by atoms with Gasteiger partial charge in [0.25, 0.3) is 0 Å². The Morgan fingerprint density at radius 3 is 0.924 bits per heavy atom. The number of allylic oxidation sites excluding steroid dienone is 12. The first kappa shape index (κ1) is 62.8. The lowest BCUT2D eigenvalue weighted by Crippen LogP contribution is -2.30. The molecule has 0 aromatic heterocycles. The van der Waals surface area contributed by atoms with Crippen molar-refractivity contribution < 1.29 is 28.6 Å². The molecule has 0 saturated heterocycles. The molecule has 0 aliphatic carbocycles. The van der Waals surface area contributed by atoms with Gasteiger partial charge in [-0.25, -0.2) is 0 Å². The highest BCUT2D eigenvalue weighted by molar-refractivity contribution is 5.71. The Hall–Kier alpha value is -3.15. The minimum atomic E-state index is -0.766. The summed E-state index contributed by atoms with van der Waals surface area (Å²) in [6, 6.07) is 0. The summed E-state index contributed by atoms with van der Waals surface area (Å²) in [6.45, 7) is 6.46. The van der Waals surface area contributed by atoms with Crippen LogP contribution in [-0.2, 0) is 28.6 Å². The van der Waals surface area contributed by atoms with Gasteiger partial charge in [0, 0.05) is 19.3 Å². The largest absolute Gasteiger partial charge is 0.462 e. The molecule has 0 spiro atoms. The van der Waals surface area contributed by atoms with Crippen LogP contribution in [0.5, 0.6) is 0 Å². The van der Waals surface area contributed by atoms with Gasteiger partial charge in [0.1, 0.15) is 13.2 Å². The normalized spacial score (nSPS) is 12.6. The molecule has 0 N–H and O–H groups in total. The molecular formula is C60H104O6.